The van der Waals surface area contributed by atoms with Crippen LogP contribution in [-0.2, 0) is 9.53 Å². The Morgan fingerprint density at radius 2 is 1.77 bits per heavy atom. The number of pyridine rings is 1. The van der Waals surface area contributed by atoms with Gasteiger partial charge < -0.3 is 24.8 Å². The van der Waals surface area contributed by atoms with Crippen LogP contribution in [0, 0.1) is 12.8 Å². The molecule has 0 spiro atoms. The van der Waals surface area contributed by atoms with Crippen LogP contribution in [0.15, 0.2) is 85.2 Å². The summed E-state index contributed by atoms with van der Waals surface area (Å²) in [4.78, 5) is 31.1. The molecule has 204 valence electrons. The molecule has 0 aliphatic carbocycles. The summed E-state index contributed by atoms with van der Waals surface area (Å²) in [6.45, 7) is 5.71. The fourth-order valence-corrected chi connectivity index (χ4v) is 5.24. The van der Waals surface area contributed by atoms with Crippen LogP contribution in [0.5, 0.6) is 0 Å². The molecule has 1 aliphatic rings. The van der Waals surface area contributed by atoms with Crippen LogP contribution >= 0.6 is 12.2 Å². The Hall–Kier alpha value is -4.50. The zero-order chi connectivity index (χ0) is 28.4. The van der Waals surface area contributed by atoms with E-state index >= 15 is 0 Å². The van der Waals surface area contributed by atoms with E-state index in [2.05, 4.69) is 31.2 Å². The zero-order valence-electron chi connectivity index (χ0n) is 22.8. The van der Waals surface area contributed by atoms with Crippen molar-refractivity contribution >= 4 is 40.6 Å². The van der Waals surface area contributed by atoms with E-state index in [9.17, 15) is 9.59 Å². The second-order valence-electron chi connectivity index (χ2n) is 9.98. The molecule has 40 heavy (non-hydrogen) atoms. The van der Waals surface area contributed by atoms with Crippen molar-refractivity contribution in [3.63, 3.8) is 0 Å². The largest absolute Gasteiger partial charge is 0.465 e. The molecule has 3 heterocycles. The third kappa shape index (κ3) is 5.20. The van der Waals surface area contributed by atoms with Gasteiger partial charge >= 0.3 is 5.97 Å². The van der Waals surface area contributed by atoms with E-state index in [-0.39, 0.29) is 29.9 Å². The number of nitrogens with one attached hydrogen (secondary N) is 2. The number of hydrogen-bond donors (Lipinski definition) is 2. The van der Waals surface area contributed by atoms with Crippen LogP contribution in [0.2, 0.25) is 0 Å². The molecule has 4 aromatic rings. The van der Waals surface area contributed by atoms with E-state index in [0.717, 1.165) is 34.0 Å². The third-order valence-electron chi connectivity index (χ3n) is 7.02. The molecule has 1 amide bonds. The number of aromatic nitrogens is 2. The maximum absolute atomic E-state index is 12.3. The monoisotopic (exact) mass is 553 g/mol. The van der Waals surface area contributed by atoms with Crippen LogP contribution in [-0.4, -0.2) is 33.6 Å². The fourth-order valence-electron chi connectivity index (χ4n) is 4.89. The number of benzene rings is 2. The molecule has 9 heteroatoms. The molecule has 2 N–H and O–H groups in total. The first-order valence-electron chi connectivity index (χ1n) is 13.1. The van der Waals surface area contributed by atoms with Crippen molar-refractivity contribution in [2.75, 3.05) is 17.3 Å². The molecular formula is C31H31N5O3S. The minimum Gasteiger partial charge on any atom is -0.465 e. The zero-order valence-corrected chi connectivity index (χ0v) is 23.6. The number of anilines is 2. The normalized spacial score (nSPS) is 16.6. The topological polar surface area (TPSA) is 88.5 Å². The van der Waals surface area contributed by atoms with Crippen LogP contribution in [0.4, 0.5) is 11.4 Å². The summed E-state index contributed by atoms with van der Waals surface area (Å²) in [7, 11) is 1.37. The number of amides is 1. The van der Waals surface area contributed by atoms with Gasteiger partial charge in [-0.3, -0.25) is 9.78 Å². The molecular weight excluding hydrogens is 522 g/mol. The summed E-state index contributed by atoms with van der Waals surface area (Å²) >= 11 is 5.91. The highest BCUT2D eigenvalue weighted by Crippen LogP contribution is 2.43. The Kier molecular flexibility index (Phi) is 7.66. The molecule has 2 atom stereocenters. The lowest BCUT2D eigenvalue weighted by Crippen LogP contribution is -2.30. The number of ether oxygens (including phenoxy) is 1. The molecule has 1 aliphatic heterocycles. The van der Waals surface area contributed by atoms with E-state index in [1.54, 1.807) is 18.3 Å². The summed E-state index contributed by atoms with van der Waals surface area (Å²) in [6.07, 6.45) is 3.77. The number of thiocarbonyl (C=S) groups is 1. The molecule has 8 nitrogen and oxygen atoms in total. The Labute approximate surface area is 239 Å². The van der Waals surface area contributed by atoms with Crippen LogP contribution < -0.4 is 15.5 Å². The lowest BCUT2D eigenvalue weighted by Gasteiger charge is -2.29. The van der Waals surface area contributed by atoms with Gasteiger partial charge in [0.2, 0.25) is 5.91 Å². The van der Waals surface area contributed by atoms with Gasteiger partial charge in [-0.05, 0) is 91.4 Å². The average molecular weight is 554 g/mol. The summed E-state index contributed by atoms with van der Waals surface area (Å²) < 4.78 is 6.95. The molecule has 1 fully saturated rings. The molecule has 0 radical (unpaired) electrons. The lowest BCUT2D eigenvalue weighted by atomic mass is 10.00. The molecule has 2 aromatic carbocycles. The number of carbonyl (C=O) groups excluding carboxylic acids is 2. The number of carbonyl (C=O) groups is 2. The quantitative estimate of drug-likeness (QED) is 0.223. The van der Waals surface area contributed by atoms with Crippen LogP contribution in [0.3, 0.4) is 0 Å². The number of methoxy groups -OCH3 is 1. The summed E-state index contributed by atoms with van der Waals surface area (Å²) in [5, 5.41) is 7.08. The van der Waals surface area contributed by atoms with Gasteiger partial charge in [0.25, 0.3) is 0 Å². The molecule has 5 rings (SSSR count). The minimum absolute atomic E-state index is 0.0293. The first-order chi connectivity index (χ1) is 19.3. The minimum atomic E-state index is -0.380. The van der Waals surface area contributed by atoms with Gasteiger partial charge in [0.05, 0.1) is 24.4 Å². The van der Waals surface area contributed by atoms with E-state index in [4.69, 9.17) is 17.0 Å². The predicted molar refractivity (Wildman–Crippen MR) is 160 cm³/mol. The smallest absolute Gasteiger partial charge is 0.337 e. The number of aryl methyl sites for hydroxylation is 1. The van der Waals surface area contributed by atoms with Crippen LogP contribution in [0.1, 0.15) is 53.2 Å². The fraction of sp³-hybridized carbons (Fsp3) is 0.226. The predicted octanol–water partition coefficient (Wildman–Crippen LogP) is 5.74. The number of rotatable bonds is 7. The van der Waals surface area contributed by atoms with Crippen LogP contribution in [0.25, 0.3) is 5.69 Å². The Balaban J connectivity index is 1.58. The Morgan fingerprint density at radius 1 is 1.02 bits per heavy atom. The van der Waals surface area contributed by atoms with Gasteiger partial charge in [0.1, 0.15) is 6.04 Å². The molecule has 0 bridgehead atoms. The summed E-state index contributed by atoms with van der Waals surface area (Å²) in [5.74, 6) is -0.528. The van der Waals surface area contributed by atoms with Crippen molar-refractivity contribution in [3.05, 3.63) is 108 Å². The summed E-state index contributed by atoms with van der Waals surface area (Å²) in [6, 6.07) is 22.7. The van der Waals surface area contributed by atoms with E-state index in [0.29, 0.717) is 10.7 Å². The standard InChI is InChI=1S/C31H31N5O3S/c1-19(2)29(37)33-24-15-14-23(18-20(24)3)36-28(27(34-31(36)40)25-8-5-6-16-32-25)26-9-7-17-35(26)22-12-10-21(11-13-22)30(38)39-4/h5-19,27-28H,1-4H3,(H,33,37)(H,34,40)/t27-,28-/m1/s1. The van der Waals surface area contributed by atoms with Gasteiger partial charge in [0, 0.05) is 41.1 Å². The van der Waals surface area contributed by atoms with Crippen molar-refractivity contribution in [3.8, 4) is 5.69 Å². The third-order valence-corrected chi connectivity index (χ3v) is 7.33. The van der Waals surface area contributed by atoms with Gasteiger partial charge in [-0.2, -0.15) is 0 Å². The van der Waals surface area contributed by atoms with Crippen molar-refractivity contribution in [1.82, 2.24) is 14.9 Å². The van der Waals surface area contributed by atoms with E-state index < -0.39 is 0 Å². The van der Waals surface area contributed by atoms with Crippen molar-refractivity contribution in [1.29, 1.82) is 0 Å². The van der Waals surface area contributed by atoms with Crippen molar-refractivity contribution < 1.29 is 14.3 Å². The maximum atomic E-state index is 12.3. The van der Waals surface area contributed by atoms with E-state index in [1.807, 2.05) is 81.6 Å². The highest BCUT2D eigenvalue weighted by atomic mass is 32.1. The second kappa shape index (κ2) is 11.3. The highest BCUT2D eigenvalue weighted by Gasteiger charge is 2.42. The molecule has 0 saturated carbocycles. The molecule has 0 unspecified atom stereocenters. The van der Waals surface area contributed by atoms with Gasteiger partial charge in [0.15, 0.2) is 5.11 Å². The Morgan fingerprint density at radius 3 is 2.42 bits per heavy atom. The maximum Gasteiger partial charge on any atom is 0.337 e. The van der Waals surface area contributed by atoms with Gasteiger partial charge in [-0.1, -0.05) is 19.9 Å². The first kappa shape index (κ1) is 27.1. The first-order valence-corrected chi connectivity index (χ1v) is 13.5. The lowest BCUT2D eigenvalue weighted by molar-refractivity contribution is -0.118. The molecule has 2 aromatic heterocycles. The number of esters is 1. The van der Waals surface area contributed by atoms with Crippen molar-refractivity contribution in [2.45, 2.75) is 32.9 Å². The Bertz CT molecular complexity index is 1550. The summed E-state index contributed by atoms with van der Waals surface area (Å²) in [5.41, 5.74) is 5.84. The van der Waals surface area contributed by atoms with Gasteiger partial charge in [-0.15, -0.1) is 0 Å². The van der Waals surface area contributed by atoms with Gasteiger partial charge in [-0.25, -0.2) is 4.79 Å². The van der Waals surface area contributed by atoms with E-state index in [1.165, 1.54) is 7.11 Å². The molecule has 1 saturated heterocycles. The van der Waals surface area contributed by atoms with Crippen molar-refractivity contribution in [2.24, 2.45) is 5.92 Å². The second-order valence-corrected chi connectivity index (χ2v) is 10.4. The number of nitrogens with zero attached hydrogens (tertiary/aromatic N) is 3. The SMILES string of the molecule is COC(=O)c1ccc(-n2cccc2[C@@H]2[C@@H](c3ccccn3)NC(=S)N2c2ccc(NC(=O)C(C)C)c(C)c2)cc1. The average Bonchev–Trinajstić information content (AvgIpc) is 3.58. The number of hydrogen-bond acceptors (Lipinski definition) is 5. The highest BCUT2D eigenvalue weighted by molar-refractivity contribution is 7.80.